The van der Waals surface area contributed by atoms with Gasteiger partial charge in [0.2, 0.25) is 5.91 Å². The minimum atomic E-state index is -0.446. The van der Waals surface area contributed by atoms with Gasteiger partial charge in [-0.3, -0.25) is 9.78 Å². The Morgan fingerprint density at radius 2 is 2.12 bits per heavy atom. The number of carbonyl (C=O) groups excluding carboxylic acids is 1. The van der Waals surface area contributed by atoms with Gasteiger partial charge in [-0.05, 0) is 37.5 Å². The molecule has 0 fully saturated rings. The molecule has 4 heteroatoms. The zero-order chi connectivity index (χ0) is 12.7. The predicted molar refractivity (Wildman–Crippen MR) is 68.4 cm³/mol. The largest absolute Gasteiger partial charge is 0.355 e. The minimum absolute atomic E-state index is 0.0385. The summed E-state index contributed by atoms with van der Waals surface area (Å²) in [5.41, 5.74) is 6.36. The predicted octanol–water partition coefficient (Wildman–Crippen LogP) is 1.12. The topological polar surface area (TPSA) is 68.0 Å². The van der Waals surface area contributed by atoms with Crippen LogP contribution in [0.1, 0.15) is 25.8 Å². The van der Waals surface area contributed by atoms with Crippen molar-refractivity contribution in [3.05, 3.63) is 30.1 Å². The Morgan fingerprint density at radius 1 is 1.47 bits per heavy atom. The Bertz CT molecular complexity index is 347. The van der Waals surface area contributed by atoms with Gasteiger partial charge < -0.3 is 11.1 Å². The van der Waals surface area contributed by atoms with Crippen LogP contribution in [0.25, 0.3) is 0 Å². The first kappa shape index (κ1) is 13.6. The van der Waals surface area contributed by atoms with Crippen LogP contribution < -0.4 is 11.1 Å². The van der Waals surface area contributed by atoms with Crippen molar-refractivity contribution in [2.24, 2.45) is 11.1 Å². The number of aromatic nitrogens is 1. The van der Waals surface area contributed by atoms with Crippen LogP contribution >= 0.6 is 0 Å². The van der Waals surface area contributed by atoms with E-state index in [9.17, 15) is 4.79 Å². The number of pyridine rings is 1. The van der Waals surface area contributed by atoms with E-state index in [0.29, 0.717) is 13.1 Å². The third-order valence-corrected chi connectivity index (χ3v) is 3.23. The SMILES string of the molecule is CCC(C)(CN)C(=O)NCCc1ccncc1. The second-order valence-corrected chi connectivity index (χ2v) is 4.48. The van der Waals surface area contributed by atoms with Crippen molar-refractivity contribution >= 4 is 5.91 Å². The van der Waals surface area contributed by atoms with E-state index in [1.807, 2.05) is 26.0 Å². The average molecular weight is 235 g/mol. The summed E-state index contributed by atoms with van der Waals surface area (Å²) in [5.74, 6) is 0.0385. The second kappa shape index (κ2) is 6.35. The summed E-state index contributed by atoms with van der Waals surface area (Å²) in [4.78, 5) is 15.9. The summed E-state index contributed by atoms with van der Waals surface area (Å²) in [5, 5.41) is 2.93. The van der Waals surface area contributed by atoms with E-state index in [1.54, 1.807) is 12.4 Å². The molecule has 0 bridgehead atoms. The lowest BCUT2D eigenvalue weighted by atomic mass is 9.86. The van der Waals surface area contributed by atoms with E-state index < -0.39 is 5.41 Å². The molecule has 0 saturated carbocycles. The molecule has 0 saturated heterocycles. The van der Waals surface area contributed by atoms with E-state index in [1.165, 1.54) is 5.56 Å². The van der Waals surface area contributed by atoms with E-state index in [2.05, 4.69) is 10.3 Å². The molecule has 1 aromatic heterocycles. The lowest BCUT2D eigenvalue weighted by Gasteiger charge is -2.24. The molecule has 94 valence electrons. The van der Waals surface area contributed by atoms with Crippen LogP contribution in [0.5, 0.6) is 0 Å². The molecule has 1 heterocycles. The van der Waals surface area contributed by atoms with Crippen LogP contribution in [0, 0.1) is 5.41 Å². The standard InChI is InChI=1S/C13H21N3O/c1-3-13(2,10-14)12(17)16-9-6-11-4-7-15-8-5-11/h4-5,7-8H,3,6,9-10,14H2,1-2H3,(H,16,17). The molecule has 17 heavy (non-hydrogen) atoms. The summed E-state index contributed by atoms with van der Waals surface area (Å²) >= 11 is 0. The lowest BCUT2D eigenvalue weighted by Crippen LogP contribution is -2.44. The fraction of sp³-hybridized carbons (Fsp3) is 0.538. The van der Waals surface area contributed by atoms with Gasteiger partial charge in [0, 0.05) is 25.5 Å². The number of hydrogen-bond acceptors (Lipinski definition) is 3. The van der Waals surface area contributed by atoms with Gasteiger partial charge in [0.15, 0.2) is 0 Å². The number of hydrogen-bond donors (Lipinski definition) is 2. The highest BCUT2D eigenvalue weighted by Gasteiger charge is 2.28. The van der Waals surface area contributed by atoms with Crippen molar-refractivity contribution in [1.82, 2.24) is 10.3 Å². The Morgan fingerprint density at radius 3 is 2.65 bits per heavy atom. The quantitative estimate of drug-likeness (QED) is 0.776. The Kier molecular flexibility index (Phi) is 5.10. The van der Waals surface area contributed by atoms with Crippen molar-refractivity contribution < 1.29 is 4.79 Å². The molecule has 0 aromatic carbocycles. The van der Waals surface area contributed by atoms with Crippen molar-refractivity contribution in [2.75, 3.05) is 13.1 Å². The zero-order valence-electron chi connectivity index (χ0n) is 10.6. The van der Waals surface area contributed by atoms with Gasteiger partial charge in [-0.2, -0.15) is 0 Å². The molecule has 1 rings (SSSR count). The van der Waals surface area contributed by atoms with Gasteiger partial charge in [0.1, 0.15) is 0 Å². The molecule has 4 nitrogen and oxygen atoms in total. The smallest absolute Gasteiger partial charge is 0.227 e. The summed E-state index contributed by atoms with van der Waals surface area (Å²) in [7, 11) is 0. The van der Waals surface area contributed by atoms with Crippen molar-refractivity contribution in [3.63, 3.8) is 0 Å². The Balaban J connectivity index is 2.39. The highest BCUT2D eigenvalue weighted by molar-refractivity contribution is 5.82. The van der Waals surface area contributed by atoms with Gasteiger partial charge in [-0.15, -0.1) is 0 Å². The second-order valence-electron chi connectivity index (χ2n) is 4.48. The molecule has 1 amide bonds. The molecule has 0 spiro atoms. The molecule has 0 aliphatic carbocycles. The molecule has 0 aliphatic rings. The number of nitrogens with two attached hydrogens (primary N) is 1. The third-order valence-electron chi connectivity index (χ3n) is 3.23. The normalized spacial score (nSPS) is 14.1. The molecular formula is C13H21N3O. The van der Waals surface area contributed by atoms with Crippen LogP contribution in [-0.4, -0.2) is 24.0 Å². The monoisotopic (exact) mass is 235 g/mol. The van der Waals surface area contributed by atoms with Crippen molar-refractivity contribution in [2.45, 2.75) is 26.7 Å². The highest BCUT2D eigenvalue weighted by Crippen LogP contribution is 2.18. The fourth-order valence-corrected chi connectivity index (χ4v) is 1.48. The van der Waals surface area contributed by atoms with Crippen molar-refractivity contribution in [3.8, 4) is 0 Å². The molecule has 1 unspecified atom stereocenters. The minimum Gasteiger partial charge on any atom is -0.355 e. The van der Waals surface area contributed by atoms with Crippen LogP contribution in [-0.2, 0) is 11.2 Å². The Hall–Kier alpha value is -1.42. The molecule has 0 radical (unpaired) electrons. The first-order chi connectivity index (χ1) is 8.12. The van der Waals surface area contributed by atoms with Gasteiger partial charge >= 0.3 is 0 Å². The summed E-state index contributed by atoms with van der Waals surface area (Å²) in [6.45, 7) is 4.90. The van der Waals surface area contributed by atoms with E-state index in [0.717, 1.165) is 12.8 Å². The van der Waals surface area contributed by atoms with Crippen LogP contribution in [0.3, 0.4) is 0 Å². The third kappa shape index (κ3) is 3.82. The number of rotatable bonds is 6. The average Bonchev–Trinajstić information content (AvgIpc) is 2.39. The molecule has 3 N–H and O–H groups in total. The molecule has 1 atom stereocenters. The van der Waals surface area contributed by atoms with E-state index >= 15 is 0 Å². The number of nitrogens with zero attached hydrogens (tertiary/aromatic N) is 1. The maximum absolute atomic E-state index is 11.9. The highest BCUT2D eigenvalue weighted by atomic mass is 16.2. The summed E-state index contributed by atoms with van der Waals surface area (Å²) < 4.78 is 0. The fourth-order valence-electron chi connectivity index (χ4n) is 1.48. The van der Waals surface area contributed by atoms with E-state index in [-0.39, 0.29) is 5.91 Å². The van der Waals surface area contributed by atoms with Gasteiger partial charge in [0.05, 0.1) is 5.41 Å². The van der Waals surface area contributed by atoms with Crippen molar-refractivity contribution in [1.29, 1.82) is 0 Å². The van der Waals surface area contributed by atoms with Crippen LogP contribution in [0.2, 0.25) is 0 Å². The molecule has 1 aromatic rings. The molecule has 0 aliphatic heterocycles. The maximum atomic E-state index is 11.9. The van der Waals surface area contributed by atoms with E-state index in [4.69, 9.17) is 5.73 Å². The summed E-state index contributed by atoms with van der Waals surface area (Å²) in [6, 6.07) is 3.90. The number of carbonyl (C=O) groups is 1. The number of amides is 1. The maximum Gasteiger partial charge on any atom is 0.227 e. The van der Waals surface area contributed by atoms with Gasteiger partial charge in [-0.1, -0.05) is 6.92 Å². The summed E-state index contributed by atoms with van der Waals surface area (Å²) in [6.07, 6.45) is 5.09. The number of nitrogens with one attached hydrogen (secondary N) is 1. The first-order valence-corrected chi connectivity index (χ1v) is 5.99. The van der Waals surface area contributed by atoms with Crippen LogP contribution in [0.4, 0.5) is 0 Å². The first-order valence-electron chi connectivity index (χ1n) is 5.99. The van der Waals surface area contributed by atoms with Gasteiger partial charge in [-0.25, -0.2) is 0 Å². The lowest BCUT2D eigenvalue weighted by molar-refractivity contribution is -0.129. The zero-order valence-corrected chi connectivity index (χ0v) is 10.6. The Labute approximate surface area is 103 Å². The van der Waals surface area contributed by atoms with Crippen LogP contribution in [0.15, 0.2) is 24.5 Å². The molecular weight excluding hydrogens is 214 g/mol. The van der Waals surface area contributed by atoms with Gasteiger partial charge in [0.25, 0.3) is 0 Å².